The SMILES string of the molecule is CC(=O)O.CC(=O)O.CC(=O)O.CC(=O)O.O=C(O)CCCO. The Bertz CT molecular complexity index is 272. The van der Waals surface area contributed by atoms with Gasteiger partial charge in [0, 0.05) is 40.7 Å². The Kier molecular flexibility index (Phi) is 38.8. The number of carboxylic acid groups (broad SMARTS) is 5. The molecule has 0 bridgehead atoms. The monoisotopic (exact) mass is 344 g/mol. The first-order valence-electron chi connectivity index (χ1n) is 5.81. The molecule has 0 aromatic carbocycles. The highest BCUT2D eigenvalue weighted by Gasteiger charge is 1.91. The summed E-state index contributed by atoms with van der Waals surface area (Å²) in [6.45, 7) is 4.30. The number of aliphatic carboxylic acids is 5. The van der Waals surface area contributed by atoms with Crippen LogP contribution in [0.2, 0.25) is 0 Å². The van der Waals surface area contributed by atoms with Gasteiger partial charge in [0.15, 0.2) is 0 Å². The zero-order valence-electron chi connectivity index (χ0n) is 13.3. The molecule has 0 amide bonds. The Balaban J connectivity index is -0.0000000604. The second-order valence-electron chi connectivity index (χ2n) is 3.30. The van der Waals surface area contributed by atoms with Crippen molar-refractivity contribution in [3.63, 3.8) is 0 Å². The number of aliphatic hydroxyl groups excluding tert-OH is 1. The molecule has 11 heteroatoms. The molecular formula is C12H24O11. The second kappa shape index (κ2) is 27.6. The van der Waals surface area contributed by atoms with Gasteiger partial charge >= 0.3 is 5.97 Å². The molecule has 6 N–H and O–H groups in total. The van der Waals surface area contributed by atoms with Crippen LogP contribution in [0.4, 0.5) is 0 Å². The van der Waals surface area contributed by atoms with Gasteiger partial charge in [0.1, 0.15) is 0 Å². The normalized spacial score (nSPS) is 7.00. The molecule has 138 valence electrons. The number of carbonyl (C=O) groups is 5. The fourth-order valence-corrected chi connectivity index (χ4v) is 0.230. The number of aliphatic hydroxyl groups is 1. The lowest BCUT2D eigenvalue weighted by molar-refractivity contribution is -0.137. The van der Waals surface area contributed by atoms with Crippen LogP contribution in [0, 0.1) is 0 Å². The predicted octanol–water partition coefficient (Wildman–Crippen LogP) is 0.207. The van der Waals surface area contributed by atoms with Crippen LogP contribution >= 0.6 is 0 Å². The highest BCUT2D eigenvalue weighted by molar-refractivity contribution is 5.66. The third kappa shape index (κ3) is 3370. The molecule has 0 rings (SSSR count). The van der Waals surface area contributed by atoms with Crippen LogP contribution in [0.3, 0.4) is 0 Å². The minimum absolute atomic E-state index is 0.0354. The van der Waals surface area contributed by atoms with Crippen molar-refractivity contribution in [1.82, 2.24) is 0 Å². The van der Waals surface area contributed by atoms with Crippen LogP contribution in [0.5, 0.6) is 0 Å². The summed E-state index contributed by atoms with van der Waals surface area (Å²) in [7, 11) is 0. The van der Waals surface area contributed by atoms with Gasteiger partial charge in [0.2, 0.25) is 0 Å². The first kappa shape index (κ1) is 32.3. The summed E-state index contributed by atoms with van der Waals surface area (Å²) in [6.07, 6.45) is 0.422. The molecule has 0 heterocycles. The van der Waals surface area contributed by atoms with Gasteiger partial charge < -0.3 is 30.6 Å². The predicted molar refractivity (Wildman–Crippen MR) is 77.2 cm³/mol. The topological polar surface area (TPSA) is 207 Å². The van der Waals surface area contributed by atoms with Gasteiger partial charge in [0.05, 0.1) is 0 Å². The van der Waals surface area contributed by atoms with E-state index >= 15 is 0 Å². The van der Waals surface area contributed by atoms with Gasteiger partial charge in [0.25, 0.3) is 23.9 Å². The summed E-state index contributed by atoms with van der Waals surface area (Å²) in [5.41, 5.74) is 0. The van der Waals surface area contributed by atoms with Gasteiger partial charge in [-0.1, -0.05) is 0 Å². The Morgan fingerprint density at radius 3 is 0.826 bits per heavy atom. The van der Waals surface area contributed by atoms with Crippen LogP contribution in [-0.2, 0) is 24.0 Å². The molecule has 0 aliphatic carbocycles. The molecule has 23 heavy (non-hydrogen) atoms. The van der Waals surface area contributed by atoms with E-state index in [1.807, 2.05) is 0 Å². The van der Waals surface area contributed by atoms with Crippen molar-refractivity contribution in [2.24, 2.45) is 0 Å². The molecular weight excluding hydrogens is 320 g/mol. The van der Waals surface area contributed by atoms with Crippen molar-refractivity contribution in [1.29, 1.82) is 0 Å². The van der Waals surface area contributed by atoms with E-state index in [1.165, 1.54) is 0 Å². The zero-order chi connectivity index (χ0) is 20.0. The third-order valence-corrected chi connectivity index (χ3v) is 0.549. The molecule has 0 saturated carbocycles. The molecule has 0 aromatic rings. The van der Waals surface area contributed by atoms with Crippen molar-refractivity contribution in [3.8, 4) is 0 Å². The van der Waals surface area contributed by atoms with Crippen molar-refractivity contribution in [2.45, 2.75) is 40.5 Å². The lowest BCUT2D eigenvalue weighted by Crippen LogP contribution is -1.95. The molecule has 0 radical (unpaired) electrons. The fourth-order valence-electron chi connectivity index (χ4n) is 0.230. The van der Waals surface area contributed by atoms with Crippen molar-refractivity contribution in [2.75, 3.05) is 6.61 Å². The maximum atomic E-state index is 9.65. The summed E-state index contributed by atoms with van der Waals surface area (Å²) >= 11 is 0. The number of hydrogen-bond acceptors (Lipinski definition) is 6. The summed E-state index contributed by atoms with van der Waals surface area (Å²) in [6, 6.07) is 0. The van der Waals surface area contributed by atoms with Crippen molar-refractivity contribution in [3.05, 3.63) is 0 Å². The smallest absolute Gasteiger partial charge is 0.303 e. The average Bonchev–Trinajstić information content (AvgIpc) is 2.22. The molecule has 0 saturated heterocycles. The van der Waals surface area contributed by atoms with Gasteiger partial charge in [-0.3, -0.25) is 24.0 Å². The van der Waals surface area contributed by atoms with Gasteiger partial charge in [-0.25, -0.2) is 0 Å². The van der Waals surface area contributed by atoms with Gasteiger partial charge in [-0.05, 0) is 6.42 Å². The molecule has 0 aromatic heterocycles. The largest absolute Gasteiger partial charge is 0.481 e. The summed E-state index contributed by atoms with van der Waals surface area (Å²) in [5.74, 6) is -4.19. The summed E-state index contributed by atoms with van der Waals surface area (Å²) < 4.78 is 0. The highest BCUT2D eigenvalue weighted by Crippen LogP contribution is 1.83. The Morgan fingerprint density at radius 2 is 0.783 bits per heavy atom. The van der Waals surface area contributed by atoms with Crippen molar-refractivity contribution < 1.29 is 54.6 Å². The molecule has 0 unspecified atom stereocenters. The zero-order valence-corrected chi connectivity index (χ0v) is 13.3. The Labute approximate surface area is 132 Å². The fraction of sp³-hybridized carbons (Fsp3) is 0.583. The summed E-state index contributed by atoms with van der Waals surface area (Å²) in [5, 5.41) is 45.7. The minimum Gasteiger partial charge on any atom is -0.481 e. The van der Waals surface area contributed by atoms with Crippen LogP contribution in [0.15, 0.2) is 0 Å². The Morgan fingerprint density at radius 1 is 0.609 bits per heavy atom. The maximum Gasteiger partial charge on any atom is 0.303 e. The number of carboxylic acids is 5. The molecule has 0 atom stereocenters. The first-order valence-corrected chi connectivity index (χ1v) is 5.81. The maximum absolute atomic E-state index is 9.65. The Hall–Kier alpha value is -2.69. The molecule has 0 aliphatic heterocycles. The quantitative estimate of drug-likeness (QED) is 0.407. The highest BCUT2D eigenvalue weighted by atomic mass is 16.4. The van der Waals surface area contributed by atoms with Crippen molar-refractivity contribution >= 4 is 29.8 Å². The molecule has 0 aliphatic rings. The van der Waals surface area contributed by atoms with Gasteiger partial charge in [-0.2, -0.15) is 0 Å². The third-order valence-electron chi connectivity index (χ3n) is 0.549. The van der Waals surface area contributed by atoms with Gasteiger partial charge in [-0.15, -0.1) is 0 Å². The lowest BCUT2D eigenvalue weighted by atomic mass is 10.3. The first-order chi connectivity index (χ1) is 10.2. The van der Waals surface area contributed by atoms with E-state index < -0.39 is 29.8 Å². The molecule has 0 fully saturated rings. The lowest BCUT2D eigenvalue weighted by Gasteiger charge is -1.85. The number of rotatable bonds is 3. The van der Waals surface area contributed by atoms with E-state index in [0.29, 0.717) is 6.42 Å². The van der Waals surface area contributed by atoms with E-state index in [1.54, 1.807) is 0 Å². The van der Waals surface area contributed by atoms with E-state index in [9.17, 15) is 4.79 Å². The van der Waals surface area contributed by atoms with E-state index in [-0.39, 0.29) is 13.0 Å². The standard InChI is InChI=1S/C4H8O3.4C2H4O2/c5-3-1-2-4(6)7;4*1-2(3)4/h5H,1-3H2,(H,6,7);4*1H3,(H,3,4). The minimum atomic E-state index is -0.853. The molecule has 11 nitrogen and oxygen atoms in total. The van der Waals surface area contributed by atoms with E-state index in [2.05, 4.69) is 0 Å². The number of hydrogen-bond donors (Lipinski definition) is 6. The average molecular weight is 344 g/mol. The van der Waals surface area contributed by atoms with Crippen LogP contribution in [-0.4, -0.2) is 67.1 Å². The second-order valence-corrected chi connectivity index (χ2v) is 3.30. The van der Waals surface area contributed by atoms with E-state index in [4.69, 9.17) is 49.8 Å². The van der Waals surface area contributed by atoms with E-state index in [0.717, 1.165) is 27.7 Å². The summed E-state index contributed by atoms with van der Waals surface area (Å²) in [4.78, 5) is 45.6. The van der Waals surface area contributed by atoms with Crippen LogP contribution in [0.25, 0.3) is 0 Å². The van der Waals surface area contributed by atoms with Crippen LogP contribution in [0.1, 0.15) is 40.5 Å². The molecule has 0 spiro atoms. The van der Waals surface area contributed by atoms with Crippen LogP contribution < -0.4 is 0 Å².